The summed E-state index contributed by atoms with van der Waals surface area (Å²) in [4.78, 5) is 29.9. The van der Waals surface area contributed by atoms with Crippen LogP contribution in [0.3, 0.4) is 0 Å². The molecular weight excluding hydrogens is 586 g/mol. The number of nitrogens with zero attached hydrogens (tertiary/aromatic N) is 2. The second-order valence-corrected chi connectivity index (χ2v) is 13.2. The van der Waals surface area contributed by atoms with Crippen LogP contribution in [0.1, 0.15) is 30.5 Å². The molecule has 8 nitrogen and oxygen atoms in total. The van der Waals surface area contributed by atoms with Crippen molar-refractivity contribution in [3.05, 3.63) is 126 Å². The second-order valence-electron chi connectivity index (χ2n) is 11.3. The highest BCUT2D eigenvalue weighted by Crippen LogP contribution is 2.26. The minimum atomic E-state index is -4.19. The van der Waals surface area contributed by atoms with Gasteiger partial charge in [0.1, 0.15) is 18.3 Å². The number of carbonyl (C=O) groups is 2. The molecule has 4 aromatic rings. The third kappa shape index (κ3) is 8.73. The van der Waals surface area contributed by atoms with Gasteiger partial charge in [0, 0.05) is 19.5 Å². The molecule has 0 aliphatic heterocycles. The molecule has 0 unspecified atom stereocenters. The largest absolute Gasteiger partial charge is 0.497 e. The number of ether oxygens (including phenoxy) is 1. The molecule has 0 heterocycles. The summed E-state index contributed by atoms with van der Waals surface area (Å²) in [6.07, 6.45) is 0.263. The van der Waals surface area contributed by atoms with E-state index in [-0.39, 0.29) is 29.7 Å². The quantitative estimate of drug-likeness (QED) is 0.196. The van der Waals surface area contributed by atoms with Crippen LogP contribution in [0.25, 0.3) is 0 Å². The molecule has 0 aliphatic rings. The van der Waals surface area contributed by atoms with Crippen molar-refractivity contribution < 1.29 is 22.7 Å². The Labute approximate surface area is 266 Å². The third-order valence-corrected chi connectivity index (χ3v) is 9.32. The summed E-state index contributed by atoms with van der Waals surface area (Å²) >= 11 is 0. The zero-order valence-electron chi connectivity index (χ0n) is 26.2. The van der Waals surface area contributed by atoms with Gasteiger partial charge < -0.3 is 15.0 Å². The Balaban J connectivity index is 1.78. The molecule has 0 radical (unpaired) electrons. The van der Waals surface area contributed by atoms with Crippen LogP contribution in [-0.2, 0) is 32.6 Å². The molecule has 0 bridgehead atoms. The topological polar surface area (TPSA) is 96.0 Å². The maximum Gasteiger partial charge on any atom is 0.264 e. The molecule has 0 saturated heterocycles. The van der Waals surface area contributed by atoms with E-state index in [0.717, 1.165) is 21.0 Å². The molecule has 4 aromatic carbocycles. The number of hydrogen-bond acceptors (Lipinski definition) is 5. The summed E-state index contributed by atoms with van der Waals surface area (Å²) in [7, 11) is -2.68. The van der Waals surface area contributed by atoms with Gasteiger partial charge in [-0.1, -0.05) is 86.6 Å². The Hall–Kier alpha value is -4.63. The Morgan fingerprint density at radius 3 is 2.02 bits per heavy atom. The Morgan fingerprint density at radius 1 is 0.822 bits per heavy atom. The van der Waals surface area contributed by atoms with E-state index in [1.54, 1.807) is 42.5 Å². The zero-order chi connectivity index (χ0) is 32.4. The van der Waals surface area contributed by atoms with Gasteiger partial charge in [0.2, 0.25) is 11.8 Å². The summed E-state index contributed by atoms with van der Waals surface area (Å²) in [5, 5.41) is 3.01. The van der Waals surface area contributed by atoms with E-state index in [4.69, 9.17) is 4.74 Å². The van der Waals surface area contributed by atoms with Crippen molar-refractivity contribution in [2.45, 2.75) is 44.7 Å². The molecule has 236 valence electrons. The van der Waals surface area contributed by atoms with E-state index >= 15 is 0 Å². The van der Waals surface area contributed by atoms with E-state index in [2.05, 4.69) is 5.32 Å². The normalized spacial score (nSPS) is 11.9. The third-order valence-electron chi connectivity index (χ3n) is 7.53. The average molecular weight is 628 g/mol. The number of aryl methyl sites for hydroxylation is 1. The van der Waals surface area contributed by atoms with E-state index in [9.17, 15) is 18.0 Å². The van der Waals surface area contributed by atoms with E-state index in [1.165, 1.54) is 24.1 Å². The SMILES string of the molecule is COc1ccc(S(=O)(=O)N(CC(=O)N(Cc2ccccc2C)[C@@H](Cc2ccccc2)C(=O)NCC(C)C)c2ccccc2)cc1. The van der Waals surface area contributed by atoms with E-state index < -0.39 is 28.5 Å². The molecule has 0 spiro atoms. The number of para-hydroxylation sites is 1. The predicted molar refractivity (Wildman–Crippen MR) is 177 cm³/mol. The molecule has 4 rings (SSSR count). The number of sulfonamides is 1. The van der Waals surface area contributed by atoms with Crippen LogP contribution < -0.4 is 14.4 Å². The van der Waals surface area contributed by atoms with Crippen molar-refractivity contribution in [2.24, 2.45) is 5.92 Å². The van der Waals surface area contributed by atoms with Gasteiger partial charge in [-0.2, -0.15) is 0 Å². The lowest BCUT2D eigenvalue weighted by atomic mass is 10.0. The van der Waals surface area contributed by atoms with Gasteiger partial charge in [-0.25, -0.2) is 8.42 Å². The molecule has 45 heavy (non-hydrogen) atoms. The van der Waals surface area contributed by atoms with Crippen molar-refractivity contribution in [1.29, 1.82) is 0 Å². The lowest BCUT2D eigenvalue weighted by Crippen LogP contribution is -2.53. The van der Waals surface area contributed by atoms with Crippen LogP contribution in [0.4, 0.5) is 5.69 Å². The maximum absolute atomic E-state index is 14.5. The summed E-state index contributed by atoms with van der Waals surface area (Å²) in [6.45, 7) is 6.03. The molecular formula is C36H41N3O5S. The molecule has 0 saturated carbocycles. The predicted octanol–water partition coefficient (Wildman–Crippen LogP) is 5.61. The molecule has 0 aromatic heterocycles. The van der Waals surface area contributed by atoms with Gasteiger partial charge >= 0.3 is 0 Å². The first-order chi connectivity index (χ1) is 21.6. The van der Waals surface area contributed by atoms with E-state index in [1.807, 2.05) is 75.4 Å². The molecule has 0 fully saturated rings. The number of hydrogen-bond donors (Lipinski definition) is 1. The molecule has 1 atom stereocenters. The lowest BCUT2D eigenvalue weighted by Gasteiger charge is -2.34. The smallest absolute Gasteiger partial charge is 0.264 e. The summed E-state index contributed by atoms with van der Waals surface area (Å²) in [6, 6.07) is 30.9. The number of nitrogens with one attached hydrogen (secondary N) is 1. The van der Waals surface area contributed by atoms with Crippen LogP contribution in [0, 0.1) is 12.8 Å². The first-order valence-electron chi connectivity index (χ1n) is 15.0. The van der Waals surface area contributed by atoms with Crippen LogP contribution in [0.2, 0.25) is 0 Å². The fraction of sp³-hybridized carbons (Fsp3) is 0.278. The van der Waals surface area contributed by atoms with Crippen molar-refractivity contribution in [3.8, 4) is 5.75 Å². The Kier molecular flexibility index (Phi) is 11.4. The number of amides is 2. The first-order valence-corrected chi connectivity index (χ1v) is 16.4. The van der Waals surface area contributed by atoms with Crippen molar-refractivity contribution >= 4 is 27.5 Å². The van der Waals surface area contributed by atoms with Crippen LogP contribution in [0.5, 0.6) is 5.75 Å². The van der Waals surface area contributed by atoms with Crippen molar-refractivity contribution in [3.63, 3.8) is 0 Å². The fourth-order valence-corrected chi connectivity index (χ4v) is 6.36. The lowest BCUT2D eigenvalue weighted by molar-refractivity contribution is -0.140. The Morgan fingerprint density at radius 2 is 1.42 bits per heavy atom. The number of benzene rings is 4. The van der Waals surface area contributed by atoms with Gasteiger partial charge in [0.05, 0.1) is 17.7 Å². The number of rotatable bonds is 14. The van der Waals surface area contributed by atoms with Crippen LogP contribution in [0.15, 0.2) is 114 Å². The number of carbonyl (C=O) groups excluding carboxylic acids is 2. The summed E-state index contributed by atoms with van der Waals surface area (Å²) in [5.41, 5.74) is 3.05. The standard InChI is InChI=1S/C36H41N3O5S/c1-27(2)24-37-36(41)34(23-29-14-7-5-8-15-29)38(25-30-16-12-11-13-28(30)3)35(40)26-39(31-17-9-6-10-18-31)45(42,43)33-21-19-32(44-4)20-22-33/h5-22,27,34H,23-26H2,1-4H3,(H,37,41)/t34-/m0/s1. The summed E-state index contributed by atoms with van der Waals surface area (Å²) in [5.74, 6) is -0.0782. The molecule has 1 N–H and O–H groups in total. The maximum atomic E-state index is 14.5. The zero-order valence-corrected chi connectivity index (χ0v) is 27.0. The number of methoxy groups -OCH3 is 1. The second kappa shape index (κ2) is 15.4. The average Bonchev–Trinajstić information content (AvgIpc) is 3.05. The van der Waals surface area contributed by atoms with Crippen molar-refractivity contribution in [1.82, 2.24) is 10.2 Å². The first kappa shape index (κ1) is 33.3. The van der Waals surface area contributed by atoms with E-state index in [0.29, 0.717) is 18.0 Å². The highest BCUT2D eigenvalue weighted by molar-refractivity contribution is 7.92. The van der Waals surface area contributed by atoms with Crippen molar-refractivity contribution in [2.75, 3.05) is 24.5 Å². The highest BCUT2D eigenvalue weighted by atomic mass is 32.2. The van der Waals surface area contributed by atoms with Gasteiger partial charge in [0.25, 0.3) is 10.0 Å². The Bertz CT molecular complexity index is 1660. The number of anilines is 1. The van der Waals surface area contributed by atoms with Gasteiger partial charge in [-0.15, -0.1) is 0 Å². The molecule has 2 amide bonds. The van der Waals surface area contributed by atoms with Gasteiger partial charge in [-0.3, -0.25) is 13.9 Å². The minimum Gasteiger partial charge on any atom is -0.497 e. The molecule has 0 aliphatic carbocycles. The van der Waals surface area contributed by atoms with Gasteiger partial charge in [0.15, 0.2) is 0 Å². The fourth-order valence-electron chi connectivity index (χ4n) is 4.95. The highest BCUT2D eigenvalue weighted by Gasteiger charge is 2.34. The summed E-state index contributed by atoms with van der Waals surface area (Å²) < 4.78 is 34.5. The van der Waals surface area contributed by atoms with Gasteiger partial charge in [-0.05, 0) is 65.9 Å². The minimum absolute atomic E-state index is 0.0147. The van der Waals surface area contributed by atoms with Crippen LogP contribution >= 0.6 is 0 Å². The molecule has 9 heteroatoms. The van der Waals surface area contributed by atoms with Crippen LogP contribution in [-0.4, -0.2) is 51.4 Å². The monoisotopic (exact) mass is 627 g/mol.